The molecule has 104 valence electrons. The lowest BCUT2D eigenvalue weighted by Gasteiger charge is -2.34. The summed E-state index contributed by atoms with van der Waals surface area (Å²) in [5.41, 5.74) is -0.00643. The fourth-order valence-electron chi connectivity index (χ4n) is 2.38. The molecule has 1 fully saturated rings. The highest BCUT2D eigenvalue weighted by Gasteiger charge is 2.33. The van der Waals surface area contributed by atoms with Gasteiger partial charge in [0, 0.05) is 23.7 Å². The van der Waals surface area contributed by atoms with E-state index in [1.165, 1.54) is 18.2 Å². The number of hydrogen-bond donors (Lipinski definition) is 2. The third-order valence-corrected chi connectivity index (χ3v) is 3.70. The standard InChI is InChI=1S/C13H15ClFNO3/c14-9-2-1-3-10(15)11(9)12(13(18)19)16-6-4-8(17)5-7-16/h1-3,8,12,17H,4-7H2,(H,18,19). The normalized spacial score (nSPS) is 19.3. The van der Waals surface area contributed by atoms with E-state index in [9.17, 15) is 19.4 Å². The van der Waals surface area contributed by atoms with Gasteiger partial charge in [0.05, 0.1) is 6.10 Å². The molecule has 0 radical (unpaired) electrons. The Morgan fingerprint density at radius 1 is 1.42 bits per heavy atom. The summed E-state index contributed by atoms with van der Waals surface area (Å²) >= 11 is 5.94. The molecule has 1 heterocycles. The number of carboxylic acids is 1. The quantitative estimate of drug-likeness (QED) is 0.893. The second-order valence-electron chi connectivity index (χ2n) is 4.64. The van der Waals surface area contributed by atoms with Crippen molar-refractivity contribution in [3.8, 4) is 0 Å². The molecule has 0 amide bonds. The van der Waals surface area contributed by atoms with Crippen molar-refractivity contribution in [3.63, 3.8) is 0 Å². The summed E-state index contributed by atoms with van der Waals surface area (Å²) in [6.45, 7) is 0.811. The first-order valence-corrected chi connectivity index (χ1v) is 6.47. The van der Waals surface area contributed by atoms with Crippen LogP contribution in [-0.4, -0.2) is 40.3 Å². The number of aliphatic hydroxyl groups excluding tert-OH is 1. The Hall–Kier alpha value is -1.17. The first-order chi connectivity index (χ1) is 9.00. The van der Waals surface area contributed by atoms with Gasteiger partial charge in [-0.2, -0.15) is 0 Å². The molecule has 1 atom stereocenters. The second kappa shape index (κ2) is 5.86. The Morgan fingerprint density at radius 3 is 2.58 bits per heavy atom. The van der Waals surface area contributed by atoms with Gasteiger partial charge in [-0.3, -0.25) is 9.69 Å². The molecule has 1 aliphatic heterocycles. The predicted molar refractivity (Wildman–Crippen MR) is 68.6 cm³/mol. The number of rotatable bonds is 3. The Morgan fingerprint density at radius 2 is 2.05 bits per heavy atom. The van der Waals surface area contributed by atoms with Crippen molar-refractivity contribution in [2.75, 3.05) is 13.1 Å². The van der Waals surface area contributed by atoms with Gasteiger partial charge < -0.3 is 10.2 Å². The summed E-state index contributed by atoms with van der Waals surface area (Å²) in [7, 11) is 0. The van der Waals surface area contributed by atoms with E-state index in [4.69, 9.17) is 11.6 Å². The summed E-state index contributed by atoms with van der Waals surface area (Å²) in [6, 6.07) is 3.02. The average Bonchev–Trinajstić information content (AvgIpc) is 2.35. The maximum Gasteiger partial charge on any atom is 0.325 e. The summed E-state index contributed by atoms with van der Waals surface area (Å²) in [4.78, 5) is 13.1. The van der Waals surface area contributed by atoms with Crippen LogP contribution in [0.1, 0.15) is 24.4 Å². The van der Waals surface area contributed by atoms with Crippen LogP contribution in [0, 0.1) is 5.82 Å². The van der Waals surface area contributed by atoms with Gasteiger partial charge in [0.15, 0.2) is 0 Å². The number of aliphatic hydroxyl groups is 1. The predicted octanol–water partition coefficient (Wildman–Crippen LogP) is 2.06. The first kappa shape index (κ1) is 14.2. The van der Waals surface area contributed by atoms with Crippen molar-refractivity contribution in [1.29, 1.82) is 0 Å². The maximum absolute atomic E-state index is 13.9. The zero-order valence-corrected chi connectivity index (χ0v) is 11.0. The van der Waals surface area contributed by atoms with Crippen LogP contribution < -0.4 is 0 Å². The van der Waals surface area contributed by atoms with Gasteiger partial charge in [-0.25, -0.2) is 4.39 Å². The SMILES string of the molecule is O=C(O)C(c1c(F)cccc1Cl)N1CCC(O)CC1. The molecular weight excluding hydrogens is 273 g/mol. The highest BCUT2D eigenvalue weighted by Crippen LogP contribution is 2.32. The number of hydrogen-bond acceptors (Lipinski definition) is 3. The summed E-state index contributed by atoms with van der Waals surface area (Å²) in [5.74, 6) is -1.76. The van der Waals surface area contributed by atoms with Crippen molar-refractivity contribution in [3.05, 3.63) is 34.6 Å². The highest BCUT2D eigenvalue weighted by atomic mass is 35.5. The smallest absolute Gasteiger partial charge is 0.325 e. The van der Waals surface area contributed by atoms with Crippen molar-refractivity contribution in [2.45, 2.75) is 25.0 Å². The lowest BCUT2D eigenvalue weighted by molar-refractivity contribution is -0.144. The van der Waals surface area contributed by atoms with Crippen molar-refractivity contribution in [1.82, 2.24) is 4.90 Å². The second-order valence-corrected chi connectivity index (χ2v) is 5.05. The number of aliphatic carboxylic acids is 1. The van der Waals surface area contributed by atoms with Crippen molar-refractivity contribution >= 4 is 17.6 Å². The van der Waals surface area contributed by atoms with Gasteiger partial charge in [-0.15, -0.1) is 0 Å². The lowest BCUT2D eigenvalue weighted by Crippen LogP contribution is -2.42. The fourth-order valence-corrected chi connectivity index (χ4v) is 2.64. The number of nitrogens with zero attached hydrogens (tertiary/aromatic N) is 1. The number of halogens is 2. The minimum absolute atomic E-state index is 0.00643. The number of carboxylic acid groups (broad SMARTS) is 1. The molecule has 1 aliphatic rings. The van der Waals surface area contributed by atoms with Crippen LogP contribution in [0.25, 0.3) is 0 Å². The molecule has 1 unspecified atom stereocenters. The zero-order valence-electron chi connectivity index (χ0n) is 10.2. The Balaban J connectivity index is 2.33. The van der Waals surface area contributed by atoms with Gasteiger partial charge in [0.2, 0.25) is 0 Å². The zero-order chi connectivity index (χ0) is 14.0. The van der Waals surface area contributed by atoms with Crippen LogP contribution in [0.5, 0.6) is 0 Å². The molecule has 0 saturated carbocycles. The fraction of sp³-hybridized carbons (Fsp3) is 0.462. The molecule has 2 rings (SSSR count). The van der Waals surface area contributed by atoms with E-state index in [1.54, 1.807) is 4.90 Å². The van der Waals surface area contributed by atoms with Crippen LogP contribution >= 0.6 is 11.6 Å². The van der Waals surface area contributed by atoms with Crippen LogP contribution in [0.15, 0.2) is 18.2 Å². The Kier molecular flexibility index (Phi) is 4.39. The molecule has 4 nitrogen and oxygen atoms in total. The van der Waals surface area contributed by atoms with Crippen LogP contribution in [0.3, 0.4) is 0 Å². The number of carbonyl (C=O) groups is 1. The molecule has 0 aromatic heterocycles. The van der Waals surface area contributed by atoms with Gasteiger partial charge in [0.25, 0.3) is 0 Å². The molecule has 1 aromatic rings. The van der Waals surface area contributed by atoms with Gasteiger partial charge in [0.1, 0.15) is 11.9 Å². The molecule has 0 aliphatic carbocycles. The molecule has 0 spiro atoms. The highest BCUT2D eigenvalue weighted by molar-refractivity contribution is 6.31. The minimum atomic E-state index is -1.14. The van der Waals surface area contributed by atoms with E-state index in [-0.39, 0.29) is 10.6 Å². The molecule has 0 bridgehead atoms. The third-order valence-electron chi connectivity index (χ3n) is 3.37. The monoisotopic (exact) mass is 287 g/mol. The number of piperidine rings is 1. The van der Waals surface area contributed by atoms with E-state index in [0.717, 1.165) is 0 Å². The van der Waals surface area contributed by atoms with E-state index in [0.29, 0.717) is 25.9 Å². The van der Waals surface area contributed by atoms with Crippen molar-refractivity contribution < 1.29 is 19.4 Å². The largest absolute Gasteiger partial charge is 0.480 e. The minimum Gasteiger partial charge on any atom is -0.480 e. The lowest BCUT2D eigenvalue weighted by atomic mass is 10.00. The molecule has 6 heteroatoms. The number of likely N-dealkylation sites (tertiary alicyclic amines) is 1. The summed E-state index contributed by atoms with van der Waals surface area (Å²) in [6.07, 6.45) is 0.549. The van der Waals surface area contributed by atoms with Crippen molar-refractivity contribution in [2.24, 2.45) is 0 Å². The Labute approximate surface area is 115 Å². The molecule has 19 heavy (non-hydrogen) atoms. The first-order valence-electron chi connectivity index (χ1n) is 6.09. The van der Waals surface area contributed by atoms with E-state index in [2.05, 4.69) is 0 Å². The summed E-state index contributed by atoms with van der Waals surface area (Å²) in [5, 5.41) is 18.9. The third kappa shape index (κ3) is 3.05. The van der Waals surface area contributed by atoms with E-state index < -0.39 is 23.9 Å². The van der Waals surface area contributed by atoms with Gasteiger partial charge in [-0.1, -0.05) is 17.7 Å². The maximum atomic E-state index is 13.9. The van der Waals surface area contributed by atoms with Gasteiger partial charge >= 0.3 is 5.97 Å². The van der Waals surface area contributed by atoms with Gasteiger partial charge in [-0.05, 0) is 25.0 Å². The van der Waals surface area contributed by atoms with Crippen LogP contribution in [0.2, 0.25) is 5.02 Å². The molecule has 1 saturated heterocycles. The van der Waals surface area contributed by atoms with E-state index in [1.807, 2.05) is 0 Å². The average molecular weight is 288 g/mol. The number of benzene rings is 1. The Bertz CT molecular complexity index is 455. The van der Waals surface area contributed by atoms with Crippen LogP contribution in [-0.2, 0) is 4.79 Å². The topological polar surface area (TPSA) is 60.8 Å². The molecule has 1 aromatic carbocycles. The van der Waals surface area contributed by atoms with Crippen LogP contribution in [0.4, 0.5) is 4.39 Å². The summed E-state index contributed by atoms with van der Waals surface area (Å²) < 4.78 is 13.9. The molecular formula is C13H15ClFNO3. The molecule has 2 N–H and O–H groups in total. The van der Waals surface area contributed by atoms with E-state index >= 15 is 0 Å².